The first-order chi connectivity index (χ1) is 12.4. The molecule has 1 N–H and O–H groups in total. The zero-order chi connectivity index (χ0) is 20.5. The summed E-state index contributed by atoms with van der Waals surface area (Å²) in [7, 11) is -0.831. The van der Waals surface area contributed by atoms with Crippen LogP contribution < -0.4 is 10.9 Å². The van der Waals surface area contributed by atoms with Gasteiger partial charge < -0.3 is 5.32 Å². The van der Waals surface area contributed by atoms with Gasteiger partial charge in [-0.05, 0) is 31.5 Å². The van der Waals surface area contributed by atoms with Gasteiger partial charge in [-0.25, -0.2) is 17.4 Å². The highest BCUT2D eigenvalue weighted by Gasteiger charge is 2.22. The van der Waals surface area contributed by atoms with Crippen LogP contribution in [0, 0.1) is 6.92 Å². The van der Waals surface area contributed by atoms with Gasteiger partial charge in [-0.2, -0.15) is 5.10 Å². The van der Waals surface area contributed by atoms with Gasteiger partial charge in [0.15, 0.2) is 5.15 Å². The fourth-order valence-corrected chi connectivity index (χ4v) is 3.62. The standard InChI is InChI=1S/C16H18Cl2N4O4S/c1-9-5-6-11(7-13(9)27(25,26)21(3)4)19-16(24)10(2)22-14(23)8-12(17)15(18)20-22/h5-8,10H,1-4H3,(H,19,24). The molecular weight excluding hydrogens is 415 g/mol. The Hall–Kier alpha value is -1.94. The van der Waals surface area contributed by atoms with Crippen LogP contribution in [0.2, 0.25) is 10.2 Å². The number of aromatic nitrogens is 2. The monoisotopic (exact) mass is 432 g/mol. The first-order valence-electron chi connectivity index (χ1n) is 7.74. The van der Waals surface area contributed by atoms with Crippen molar-refractivity contribution in [2.45, 2.75) is 24.8 Å². The fourth-order valence-electron chi connectivity index (χ4n) is 2.21. The van der Waals surface area contributed by atoms with E-state index >= 15 is 0 Å². The molecule has 0 saturated carbocycles. The van der Waals surface area contributed by atoms with Crippen molar-refractivity contribution in [3.05, 3.63) is 50.4 Å². The Kier molecular flexibility index (Phi) is 6.31. The SMILES string of the molecule is Cc1ccc(NC(=O)C(C)n2nc(Cl)c(Cl)cc2=O)cc1S(=O)(=O)N(C)C. The maximum atomic E-state index is 12.5. The van der Waals surface area contributed by atoms with E-state index in [2.05, 4.69) is 10.4 Å². The van der Waals surface area contributed by atoms with E-state index in [0.29, 0.717) is 5.56 Å². The highest BCUT2D eigenvalue weighted by Crippen LogP contribution is 2.23. The van der Waals surface area contributed by atoms with Crippen LogP contribution >= 0.6 is 23.2 Å². The molecule has 0 saturated heterocycles. The number of nitrogens with zero attached hydrogens (tertiary/aromatic N) is 3. The molecule has 0 spiro atoms. The lowest BCUT2D eigenvalue weighted by atomic mass is 10.2. The van der Waals surface area contributed by atoms with Crippen LogP contribution in [-0.2, 0) is 14.8 Å². The van der Waals surface area contributed by atoms with Crippen LogP contribution in [0.15, 0.2) is 34.0 Å². The van der Waals surface area contributed by atoms with E-state index in [4.69, 9.17) is 23.2 Å². The van der Waals surface area contributed by atoms with E-state index in [1.54, 1.807) is 19.1 Å². The molecule has 1 atom stereocenters. The molecule has 27 heavy (non-hydrogen) atoms. The predicted molar refractivity (Wildman–Crippen MR) is 104 cm³/mol. The normalized spacial score (nSPS) is 12.9. The molecule has 8 nitrogen and oxygen atoms in total. The molecule has 2 rings (SSSR count). The van der Waals surface area contributed by atoms with Crippen molar-refractivity contribution < 1.29 is 13.2 Å². The number of rotatable bonds is 5. The van der Waals surface area contributed by atoms with Gasteiger partial charge in [0.25, 0.3) is 5.56 Å². The van der Waals surface area contributed by atoms with Crippen molar-refractivity contribution in [3.8, 4) is 0 Å². The molecule has 0 aliphatic rings. The number of amides is 1. The summed E-state index contributed by atoms with van der Waals surface area (Å²) in [4.78, 5) is 24.6. The van der Waals surface area contributed by atoms with Gasteiger partial charge in [0.2, 0.25) is 15.9 Å². The van der Waals surface area contributed by atoms with Crippen molar-refractivity contribution in [1.29, 1.82) is 0 Å². The Balaban J connectivity index is 2.34. The van der Waals surface area contributed by atoms with E-state index in [-0.39, 0.29) is 20.8 Å². The number of nitrogens with one attached hydrogen (secondary N) is 1. The van der Waals surface area contributed by atoms with Crippen LogP contribution in [0.4, 0.5) is 5.69 Å². The van der Waals surface area contributed by atoms with E-state index in [0.717, 1.165) is 15.1 Å². The molecule has 1 unspecified atom stereocenters. The minimum Gasteiger partial charge on any atom is -0.324 e. The van der Waals surface area contributed by atoms with Gasteiger partial charge in [-0.15, -0.1) is 0 Å². The molecule has 1 aromatic heterocycles. The second-order valence-corrected chi connectivity index (χ2v) is 8.88. The van der Waals surface area contributed by atoms with Crippen molar-refractivity contribution in [1.82, 2.24) is 14.1 Å². The number of hydrogen-bond acceptors (Lipinski definition) is 5. The summed E-state index contributed by atoms with van der Waals surface area (Å²) in [6.45, 7) is 3.11. The quantitative estimate of drug-likeness (QED) is 0.780. The third-order valence-corrected chi connectivity index (χ3v) is 6.45. The minimum atomic E-state index is -3.67. The summed E-state index contributed by atoms with van der Waals surface area (Å²) in [6, 6.07) is 4.58. The van der Waals surface area contributed by atoms with Crippen LogP contribution in [0.5, 0.6) is 0 Å². The summed E-state index contributed by atoms with van der Waals surface area (Å²) in [5, 5.41) is 6.27. The predicted octanol–water partition coefficient (Wildman–Crippen LogP) is 2.31. The molecule has 0 aliphatic carbocycles. The summed E-state index contributed by atoms with van der Waals surface area (Å²) in [5.41, 5.74) is 0.218. The Morgan fingerprint density at radius 3 is 2.48 bits per heavy atom. The minimum absolute atomic E-state index is 0.0115. The Morgan fingerprint density at radius 1 is 1.26 bits per heavy atom. The van der Waals surface area contributed by atoms with E-state index in [9.17, 15) is 18.0 Å². The molecule has 11 heteroatoms. The van der Waals surface area contributed by atoms with Gasteiger partial charge >= 0.3 is 0 Å². The maximum Gasteiger partial charge on any atom is 0.269 e. The number of carbonyl (C=O) groups is 1. The van der Waals surface area contributed by atoms with Crippen molar-refractivity contribution in [3.63, 3.8) is 0 Å². The average Bonchev–Trinajstić information content (AvgIpc) is 2.58. The number of hydrogen-bond donors (Lipinski definition) is 1. The molecule has 0 aliphatic heterocycles. The van der Waals surface area contributed by atoms with Gasteiger partial charge in [0, 0.05) is 25.8 Å². The largest absolute Gasteiger partial charge is 0.324 e. The smallest absolute Gasteiger partial charge is 0.269 e. The molecule has 146 valence electrons. The number of halogens is 2. The lowest BCUT2D eigenvalue weighted by Gasteiger charge is -2.17. The Labute approximate surface area is 166 Å². The summed E-state index contributed by atoms with van der Waals surface area (Å²) in [5.74, 6) is -0.569. The number of carbonyl (C=O) groups excluding carboxylic acids is 1. The second kappa shape index (κ2) is 7.97. The number of anilines is 1. The zero-order valence-corrected chi connectivity index (χ0v) is 17.4. The van der Waals surface area contributed by atoms with E-state index in [1.165, 1.54) is 27.1 Å². The molecule has 1 aromatic carbocycles. The molecule has 2 aromatic rings. The van der Waals surface area contributed by atoms with Crippen molar-refractivity contribution >= 4 is 44.8 Å². The topological polar surface area (TPSA) is 101 Å². The van der Waals surface area contributed by atoms with E-state index < -0.39 is 27.5 Å². The number of benzene rings is 1. The third-order valence-electron chi connectivity index (χ3n) is 3.83. The number of aryl methyl sites for hydroxylation is 1. The molecule has 1 amide bonds. The molecule has 0 fully saturated rings. The van der Waals surface area contributed by atoms with Gasteiger partial charge in [0.1, 0.15) is 6.04 Å². The lowest BCUT2D eigenvalue weighted by molar-refractivity contribution is -0.119. The maximum absolute atomic E-state index is 12.5. The van der Waals surface area contributed by atoms with Crippen LogP contribution in [0.1, 0.15) is 18.5 Å². The highest BCUT2D eigenvalue weighted by molar-refractivity contribution is 7.89. The second-order valence-electron chi connectivity index (χ2n) is 6.00. The van der Waals surface area contributed by atoms with Crippen LogP contribution in [-0.4, -0.2) is 42.5 Å². The zero-order valence-electron chi connectivity index (χ0n) is 15.0. The Bertz CT molecular complexity index is 1050. The molecular formula is C16H18Cl2N4O4S. The fraction of sp³-hybridized carbons (Fsp3) is 0.312. The first-order valence-corrected chi connectivity index (χ1v) is 9.93. The van der Waals surface area contributed by atoms with Gasteiger partial charge in [-0.1, -0.05) is 29.3 Å². The van der Waals surface area contributed by atoms with Gasteiger partial charge in [-0.3, -0.25) is 9.59 Å². The van der Waals surface area contributed by atoms with Crippen molar-refractivity contribution in [2.24, 2.45) is 0 Å². The summed E-state index contributed by atoms with van der Waals surface area (Å²) < 4.78 is 26.8. The molecule has 1 heterocycles. The molecule has 0 radical (unpaired) electrons. The lowest BCUT2D eigenvalue weighted by Crippen LogP contribution is -2.33. The first kappa shape index (κ1) is 21.4. The third kappa shape index (κ3) is 4.49. The van der Waals surface area contributed by atoms with E-state index in [1.807, 2.05) is 0 Å². The van der Waals surface area contributed by atoms with Crippen LogP contribution in [0.3, 0.4) is 0 Å². The average molecular weight is 433 g/mol. The van der Waals surface area contributed by atoms with Crippen LogP contribution in [0.25, 0.3) is 0 Å². The number of sulfonamides is 1. The molecule has 0 bridgehead atoms. The van der Waals surface area contributed by atoms with Gasteiger partial charge in [0.05, 0.1) is 9.92 Å². The summed E-state index contributed by atoms with van der Waals surface area (Å²) in [6.07, 6.45) is 0. The summed E-state index contributed by atoms with van der Waals surface area (Å²) >= 11 is 11.5. The van der Waals surface area contributed by atoms with Crippen molar-refractivity contribution in [2.75, 3.05) is 19.4 Å². The Morgan fingerprint density at radius 2 is 1.89 bits per heavy atom. The highest BCUT2D eigenvalue weighted by atomic mass is 35.5.